The molecular weight excluding hydrogens is 216 g/mol. The molecule has 1 aliphatic heterocycles. The van der Waals surface area contributed by atoms with E-state index in [9.17, 15) is 19.5 Å². The van der Waals surface area contributed by atoms with Crippen LogP contribution < -0.4 is 5.32 Å². The van der Waals surface area contributed by atoms with E-state index in [2.05, 4.69) is 10.1 Å². The molecule has 0 bridgehead atoms. The van der Waals surface area contributed by atoms with Crippen LogP contribution in [-0.2, 0) is 14.3 Å². The Hall–Kier alpha value is -1.63. The first-order valence-electron chi connectivity index (χ1n) is 4.84. The Bertz CT molecular complexity index is 315. The number of carbonyl (C=O) groups is 3. The number of nitrogens with one attached hydrogen (secondary N) is 1. The quantitative estimate of drug-likeness (QED) is 0.597. The van der Waals surface area contributed by atoms with Crippen molar-refractivity contribution in [1.29, 1.82) is 0 Å². The van der Waals surface area contributed by atoms with E-state index < -0.39 is 24.1 Å². The number of ether oxygens (including phenoxy) is 1. The number of alkyl carbamates (subject to hydrolysis) is 1. The highest BCUT2D eigenvalue weighted by molar-refractivity contribution is 6.02. The Balaban J connectivity index is 2.66. The molecule has 2 atom stereocenters. The Labute approximate surface area is 92.4 Å². The van der Waals surface area contributed by atoms with Gasteiger partial charge in [0.1, 0.15) is 6.04 Å². The average Bonchev–Trinajstić information content (AvgIpc) is 2.22. The predicted octanol–water partition coefficient (Wildman–Crippen LogP) is -1.15. The molecule has 0 spiro atoms. The average molecular weight is 230 g/mol. The third kappa shape index (κ3) is 2.48. The molecular formula is C9H14N2O5. The molecule has 7 heteroatoms. The number of rotatable bonds is 3. The highest BCUT2D eigenvalue weighted by Crippen LogP contribution is 2.12. The number of likely N-dealkylation sites (tertiary alicyclic amines) is 1. The first kappa shape index (κ1) is 12.4. The van der Waals surface area contributed by atoms with E-state index in [0.717, 1.165) is 12.0 Å². The number of hydrogen-bond donors (Lipinski definition) is 2. The zero-order chi connectivity index (χ0) is 12.3. The molecule has 2 unspecified atom stereocenters. The number of amides is 3. The highest BCUT2D eigenvalue weighted by atomic mass is 16.5. The van der Waals surface area contributed by atoms with Gasteiger partial charge in [-0.05, 0) is 6.92 Å². The van der Waals surface area contributed by atoms with E-state index in [0.29, 0.717) is 13.0 Å². The second-order valence-corrected chi connectivity index (χ2v) is 3.49. The zero-order valence-electron chi connectivity index (χ0n) is 9.10. The van der Waals surface area contributed by atoms with Crippen LogP contribution in [0.2, 0.25) is 0 Å². The van der Waals surface area contributed by atoms with Crippen LogP contribution >= 0.6 is 0 Å². The summed E-state index contributed by atoms with van der Waals surface area (Å²) >= 11 is 0. The van der Waals surface area contributed by atoms with Crippen molar-refractivity contribution in [2.45, 2.75) is 25.5 Å². The smallest absolute Gasteiger partial charge is 0.407 e. The van der Waals surface area contributed by atoms with Gasteiger partial charge in [0.2, 0.25) is 5.91 Å². The van der Waals surface area contributed by atoms with Gasteiger partial charge in [-0.3, -0.25) is 14.5 Å². The maximum absolute atomic E-state index is 11.7. The van der Waals surface area contributed by atoms with Crippen molar-refractivity contribution in [2.75, 3.05) is 13.7 Å². The van der Waals surface area contributed by atoms with Crippen LogP contribution in [0.15, 0.2) is 0 Å². The molecule has 0 aromatic rings. The number of aliphatic hydroxyl groups is 1. The van der Waals surface area contributed by atoms with Crippen molar-refractivity contribution in [3.05, 3.63) is 0 Å². The summed E-state index contributed by atoms with van der Waals surface area (Å²) in [5, 5.41) is 11.5. The fourth-order valence-electron chi connectivity index (χ4n) is 1.29. The monoisotopic (exact) mass is 230 g/mol. The number of aliphatic hydroxyl groups excluding tert-OH is 1. The lowest BCUT2D eigenvalue weighted by atomic mass is 10.1. The molecule has 0 saturated carbocycles. The molecule has 3 amide bonds. The molecule has 1 aliphatic rings. The number of imide groups is 1. The number of nitrogens with zero attached hydrogens (tertiary/aromatic N) is 1. The molecule has 0 aromatic carbocycles. The first-order valence-corrected chi connectivity index (χ1v) is 4.84. The van der Waals surface area contributed by atoms with Crippen molar-refractivity contribution in [3.63, 3.8) is 0 Å². The molecule has 0 aliphatic carbocycles. The second kappa shape index (κ2) is 4.93. The normalized spacial score (nSPS) is 18.4. The third-order valence-corrected chi connectivity index (χ3v) is 2.32. The SMILES string of the molecule is COC(=O)NC(C(=O)N1CCC1=O)C(C)O. The molecule has 1 heterocycles. The summed E-state index contributed by atoms with van der Waals surface area (Å²) < 4.78 is 4.32. The fraction of sp³-hybridized carbons (Fsp3) is 0.667. The van der Waals surface area contributed by atoms with E-state index in [1.54, 1.807) is 0 Å². The second-order valence-electron chi connectivity index (χ2n) is 3.49. The maximum Gasteiger partial charge on any atom is 0.407 e. The summed E-state index contributed by atoms with van der Waals surface area (Å²) in [6, 6.07) is -1.16. The minimum Gasteiger partial charge on any atom is -0.453 e. The summed E-state index contributed by atoms with van der Waals surface area (Å²) in [5.74, 6) is -0.918. The molecule has 16 heavy (non-hydrogen) atoms. The Morgan fingerprint density at radius 2 is 2.19 bits per heavy atom. The molecule has 1 saturated heterocycles. The van der Waals surface area contributed by atoms with Crippen molar-refractivity contribution < 1.29 is 24.2 Å². The van der Waals surface area contributed by atoms with Crippen molar-refractivity contribution >= 4 is 17.9 Å². The molecule has 90 valence electrons. The maximum atomic E-state index is 11.7. The minimum absolute atomic E-state index is 0.303. The molecule has 1 rings (SSSR count). The van der Waals surface area contributed by atoms with Gasteiger partial charge in [0.15, 0.2) is 0 Å². The lowest BCUT2D eigenvalue weighted by molar-refractivity contribution is -0.154. The molecule has 1 fully saturated rings. The number of β-lactam (4-membered cyclic amide) rings is 1. The number of carbonyl (C=O) groups excluding carboxylic acids is 3. The fourth-order valence-corrected chi connectivity index (χ4v) is 1.29. The van der Waals surface area contributed by atoms with Crippen LogP contribution in [0.1, 0.15) is 13.3 Å². The van der Waals surface area contributed by atoms with Gasteiger partial charge in [0, 0.05) is 13.0 Å². The Morgan fingerprint density at radius 3 is 2.50 bits per heavy atom. The van der Waals surface area contributed by atoms with E-state index in [1.807, 2.05) is 0 Å². The summed E-state index contributed by atoms with van der Waals surface area (Å²) in [6.45, 7) is 1.67. The summed E-state index contributed by atoms with van der Waals surface area (Å²) in [7, 11) is 1.15. The van der Waals surface area contributed by atoms with Gasteiger partial charge in [0.25, 0.3) is 5.91 Å². The zero-order valence-corrected chi connectivity index (χ0v) is 9.10. The van der Waals surface area contributed by atoms with E-state index in [1.165, 1.54) is 6.92 Å². The van der Waals surface area contributed by atoms with Crippen LogP contribution in [0.25, 0.3) is 0 Å². The van der Waals surface area contributed by atoms with Gasteiger partial charge in [-0.25, -0.2) is 4.79 Å². The van der Waals surface area contributed by atoms with Crippen molar-refractivity contribution in [2.24, 2.45) is 0 Å². The Morgan fingerprint density at radius 1 is 1.56 bits per heavy atom. The van der Waals surface area contributed by atoms with Crippen LogP contribution in [0, 0.1) is 0 Å². The van der Waals surface area contributed by atoms with Gasteiger partial charge < -0.3 is 15.2 Å². The van der Waals surface area contributed by atoms with Crippen LogP contribution in [0.3, 0.4) is 0 Å². The van der Waals surface area contributed by atoms with Gasteiger partial charge in [0.05, 0.1) is 13.2 Å². The van der Waals surface area contributed by atoms with Crippen molar-refractivity contribution in [1.82, 2.24) is 10.2 Å². The molecule has 0 aromatic heterocycles. The van der Waals surface area contributed by atoms with Gasteiger partial charge in [-0.15, -0.1) is 0 Å². The number of hydrogen-bond acceptors (Lipinski definition) is 5. The van der Waals surface area contributed by atoms with E-state index in [-0.39, 0.29) is 5.91 Å². The minimum atomic E-state index is -1.16. The van der Waals surface area contributed by atoms with Crippen LogP contribution in [-0.4, -0.2) is 53.7 Å². The standard InChI is InChI=1S/C9H14N2O5/c1-5(12)7(10-9(15)16-2)8(14)11-4-3-6(11)13/h5,7,12H,3-4H2,1-2H3,(H,10,15). The molecule has 2 N–H and O–H groups in total. The topological polar surface area (TPSA) is 95.9 Å². The van der Waals surface area contributed by atoms with Gasteiger partial charge >= 0.3 is 6.09 Å². The lowest BCUT2D eigenvalue weighted by Gasteiger charge is -2.32. The molecule has 0 radical (unpaired) electrons. The lowest BCUT2D eigenvalue weighted by Crippen LogP contribution is -2.59. The number of methoxy groups -OCH3 is 1. The van der Waals surface area contributed by atoms with Crippen molar-refractivity contribution in [3.8, 4) is 0 Å². The first-order chi connectivity index (χ1) is 7.47. The van der Waals surface area contributed by atoms with E-state index >= 15 is 0 Å². The highest BCUT2D eigenvalue weighted by Gasteiger charge is 2.37. The van der Waals surface area contributed by atoms with Gasteiger partial charge in [-0.2, -0.15) is 0 Å². The molecule has 7 nitrogen and oxygen atoms in total. The third-order valence-electron chi connectivity index (χ3n) is 2.32. The summed E-state index contributed by atoms with van der Waals surface area (Å²) in [5.41, 5.74) is 0. The predicted molar refractivity (Wildman–Crippen MR) is 52.3 cm³/mol. The van der Waals surface area contributed by atoms with Gasteiger partial charge in [-0.1, -0.05) is 0 Å². The largest absolute Gasteiger partial charge is 0.453 e. The summed E-state index contributed by atoms with van der Waals surface area (Å²) in [6.07, 6.45) is -1.61. The van der Waals surface area contributed by atoms with Crippen LogP contribution in [0.5, 0.6) is 0 Å². The van der Waals surface area contributed by atoms with E-state index in [4.69, 9.17) is 0 Å². The Kier molecular flexibility index (Phi) is 3.83. The summed E-state index contributed by atoms with van der Waals surface area (Å²) in [4.78, 5) is 34.7. The van der Waals surface area contributed by atoms with Crippen LogP contribution in [0.4, 0.5) is 4.79 Å².